The number of hydrogen-bond donors (Lipinski definition) is 0. The minimum absolute atomic E-state index is 0.514. The monoisotopic (exact) mass is 873 g/mol. The van der Waals surface area contributed by atoms with E-state index in [2.05, 4.69) is 274 Å². The van der Waals surface area contributed by atoms with Crippen LogP contribution < -0.4 is 9.64 Å². The van der Waals surface area contributed by atoms with E-state index < -0.39 is 10.8 Å². The van der Waals surface area contributed by atoms with E-state index in [9.17, 15) is 0 Å². The van der Waals surface area contributed by atoms with Crippen molar-refractivity contribution in [1.29, 1.82) is 0 Å². The SMILES string of the molecule is CCC(C)c1ccc(Oc2ccc(C3(c4ccccc4)c4ccccc4-c4ccc(N(c5ccccc5)c5ccc6c(c5)C(c5ccccc5)(c5ccccc5)c5ccccc5-6)cc43)cc2)cc1. The fraction of sp³-hybridized carbons (Fsp3) is 0.0909. The van der Waals surface area contributed by atoms with Crippen LogP contribution in [0.1, 0.15) is 76.3 Å². The zero-order valence-corrected chi connectivity index (χ0v) is 38.4. The highest BCUT2D eigenvalue weighted by molar-refractivity contribution is 5.92. The average molecular weight is 874 g/mol. The van der Waals surface area contributed by atoms with Gasteiger partial charge in [-0.1, -0.05) is 208 Å². The van der Waals surface area contributed by atoms with Crippen LogP contribution in [0, 0.1) is 0 Å². The van der Waals surface area contributed by atoms with E-state index in [-0.39, 0.29) is 0 Å². The third-order valence-corrected chi connectivity index (χ3v) is 14.8. The molecule has 0 N–H and O–H groups in total. The van der Waals surface area contributed by atoms with Gasteiger partial charge in [-0.25, -0.2) is 0 Å². The predicted octanol–water partition coefficient (Wildman–Crippen LogP) is 17.2. The minimum atomic E-state index is -0.614. The number of rotatable bonds is 11. The smallest absolute Gasteiger partial charge is 0.127 e. The Kier molecular flexibility index (Phi) is 10.3. The summed E-state index contributed by atoms with van der Waals surface area (Å²) in [5, 5.41) is 0. The molecular weight excluding hydrogens is 823 g/mol. The van der Waals surface area contributed by atoms with Crippen molar-refractivity contribution in [2.45, 2.75) is 37.0 Å². The largest absolute Gasteiger partial charge is 0.457 e. The Morgan fingerprint density at radius 3 is 1.16 bits per heavy atom. The number of ether oxygens (including phenoxy) is 1. The highest BCUT2D eigenvalue weighted by Gasteiger charge is 2.48. The zero-order valence-electron chi connectivity index (χ0n) is 38.4. The molecule has 0 saturated carbocycles. The van der Waals surface area contributed by atoms with Gasteiger partial charge >= 0.3 is 0 Å². The van der Waals surface area contributed by atoms with E-state index >= 15 is 0 Å². The molecule has 0 radical (unpaired) electrons. The summed E-state index contributed by atoms with van der Waals surface area (Å²) >= 11 is 0. The summed E-state index contributed by atoms with van der Waals surface area (Å²) in [6, 6.07) is 93.6. The van der Waals surface area contributed by atoms with Gasteiger partial charge in [0.2, 0.25) is 0 Å². The van der Waals surface area contributed by atoms with E-state index in [0.29, 0.717) is 5.92 Å². The topological polar surface area (TPSA) is 12.5 Å². The highest BCUT2D eigenvalue weighted by Crippen LogP contribution is 2.59. The third kappa shape index (κ3) is 6.47. The quantitative estimate of drug-likeness (QED) is 0.128. The highest BCUT2D eigenvalue weighted by atomic mass is 16.5. The molecule has 2 aliphatic rings. The van der Waals surface area contributed by atoms with Gasteiger partial charge in [0, 0.05) is 17.1 Å². The number of nitrogens with zero attached hydrogens (tertiary/aromatic N) is 1. The molecule has 0 aliphatic heterocycles. The number of benzene rings is 10. The van der Waals surface area contributed by atoms with Crippen LogP contribution in [0.15, 0.2) is 255 Å². The zero-order chi connectivity index (χ0) is 45.7. The number of anilines is 3. The lowest BCUT2D eigenvalue weighted by molar-refractivity contribution is 0.481. The molecule has 0 fully saturated rings. The molecule has 326 valence electrons. The van der Waals surface area contributed by atoms with Crippen LogP contribution in [0.25, 0.3) is 22.3 Å². The van der Waals surface area contributed by atoms with Crippen LogP contribution in [-0.2, 0) is 10.8 Å². The van der Waals surface area contributed by atoms with Crippen LogP contribution in [0.2, 0.25) is 0 Å². The summed E-state index contributed by atoms with van der Waals surface area (Å²) in [7, 11) is 0. The third-order valence-electron chi connectivity index (χ3n) is 14.8. The first-order valence-electron chi connectivity index (χ1n) is 24.0. The van der Waals surface area contributed by atoms with E-state index in [4.69, 9.17) is 4.74 Å². The van der Waals surface area contributed by atoms with Crippen molar-refractivity contribution in [3.05, 3.63) is 305 Å². The normalized spacial score (nSPS) is 15.4. The Morgan fingerprint density at radius 2 is 0.721 bits per heavy atom. The van der Waals surface area contributed by atoms with E-state index in [1.165, 1.54) is 72.3 Å². The first-order chi connectivity index (χ1) is 33.6. The standard InChI is InChI=1S/C66H51NO/c1-3-46(2)47-32-38-55(39-33-47)68-56-40-34-51(35-41-56)66(50-24-12-6-13-25-50)62-31-19-17-29-58(62)60-43-37-54(45-64(60)66)67(52-26-14-7-15-27-52)53-36-42-59-57-28-16-18-30-61(57)65(63(59)44-53,48-20-8-4-9-21-48)49-22-10-5-11-23-49/h4-46H,3H2,1-2H3. The van der Waals surface area contributed by atoms with Crippen molar-refractivity contribution < 1.29 is 4.74 Å². The van der Waals surface area contributed by atoms with E-state index in [1.807, 2.05) is 0 Å². The second-order valence-corrected chi connectivity index (χ2v) is 18.3. The molecule has 0 spiro atoms. The summed E-state index contributed by atoms with van der Waals surface area (Å²) in [6.45, 7) is 4.50. The van der Waals surface area contributed by atoms with Gasteiger partial charge in [-0.3, -0.25) is 0 Å². The molecule has 0 aromatic heterocycles. The Labute approximate surface area is 400 Å². The van der Waals surface area contributed by atoms with Crippen LogP contribution in [0.3, 0.4) is 0 Å². The molecule has 2 nitrogen and oxygen atoms in total. The second kappa shape index (κ2) is 16.9. The van der Waals surface area contributed by atoms with Crippen molar-refractivity contribution in [3.63, 3.8) is 0 Å². The number of fused-ring (bicyclic) bond motifs is 6. The van der Waals surface area contributed by atoms with Gasteiger partial charge in [0.1, 0.15) is 11.5 Å². The van der Waals surface area contributed by atoms with Gasteiger partial charge in [-0.05, 0) is 145 Å². The summed E-state index contributed by atoms with van der Waals surface area (Å²) < 4.78 is 6.51. The van der Waals surface area contributed by atoms with Gasteiger partial charge in [0.05, 0.1) is 10.8 Å². The van der Waals surface area contributed by atoms with Gasteiger partial charge < -0.3 is 9.64 Å². The molecule has 12 rings (SSSR count). The average Bonchev–Trinajstić information content (AvgIpc) is 3.88. The molecule has 10 aromatic carbocycles. The van der Waals surface area contributed by atoms with E-state index in [1.54, 1.807) is 0 Å². The molecule has 2 aliphatic carbocycles. The maximum atomic E-state index is 6.51. The molecule has 0 saturated heterocycles. The Balaban J connectivity index is 1.05. The number of hydrogen-bond acceptors (Lipinski definition) is 2. The lowest BCUT2D eigenvalue weighted by Gasteiger charge is -2.36. The number of para-hydroxylation sites is 1. The van der Waals surface area contributed by atoms with Crippen molar-refractivity contribution in [2.75, 3.05) is 4.90 Å². The lowest BCUT2D eigenvalue weighted by Crippen LogP contribution is -2.29. The van der Waals surface area contributed by atoms with Crippen molar-refractivity contribution in [1.82, 2.24) is 0 Å². The Bertz CT molecular complexity index is 3360. The molecule has 68 heavy (non-hydrogen) atoms. The summed E-state index contributed by atoms with van der Waals surface area (Å²) in [6.07, 6.45) is 1.11. The molecule has 10 aromatic rings. The maximum absolute atomic E-state index is 6.51. The summed E-state index contributed by atoms with van der Waals surface area (Å²) in [5.41, 5.74) is 18.5. The Hall–Kier alpha value is -8.20. The first kappa shape index (κ1) is 41.2. The fourth-order valence-electron chi connectivity index (χ4n) is 11.5. The first-order valence-corrected chi connectivity index (χ1v) is 24.0. The molecule has 2 heteroatoms. The molecule has 2 unspecified atom stereocenters. The fourth-order valence-corrected chi connectivity index (χ4v) is 11.5. The summed E-state index contributed by atoms with van der Waals surface area (Å²) in [5.74, 6) is 2.16. The van der Waals surface area contributed by atoms with Crippen molar-refractivity contribution in [3.8, 4) is 33.8 Å². The van der Waals surface area contributed by atoms with Gasteiger partial charge in [-0.15, -0.1) is 0 Å². The minimum Gasteiger partial charge on any atom is -0.457 e. The van der Waals surface area contributed by atoms with Gasteiger partial charge in [-0.2, -0.15) is 0 Å². The van der Waals surface area contributed by atoms with Crippen LogP contribution in [0.4, 0.5) is 17.1 Å². The van der Waals surface area contributed by atoms with Gasteiger partial charge in [0.25, 0.3) is 0 Å². The lowest BCUT2D eigenvalue weighted by atomic mass is 9.67. The predicted molar refractivity (Wildman–Crippen MR) is 281 cm³/mol. The summed E-state index contributed by atoms with van der Waals surface area (Å²) in [4.78, 5) is 2.45. The van der Waals surface area contributed by atoms with E-state index in [0.717, 1.165) is 35.0 Å². The van der Waals surface area contributed by atoms with Gasteiger partial charge in [0.15, 0.2) is 0 Å². The van der Waals surface area contributed by atoms with Crippen molar-refractivity contribution in [2.24, 2.45) is 0 Å². The van der Waals surface area contributed by atoms with Crippen LogP contribution >= 0.6 is 0 Å². The van der Waals surface area contributed by atoms with Crippen molar-refractivity contribution >= 4 is 17.1 Å². The second-order valence-electron chi connectivity index (χ2n) is 18.3. The molecule has 0 bridgehead atoms. The Morgan fingerprint density at radius 1 is 0.353 bits per heavy atom. The molecule has 0 amide bonds. The molecular formula is C66H51NO. The molecule has 2 atom stereocenters. The van der Waals surface area contributed by atoms with Crippen LogP contribution in [0.5, 0.6) is 11.5 Å². The molecule has 0 heterocycles. The van der Waals surface area contributed by atoms with Crippen LogP contribution in [-0.4, -0.2) is 0 Å². The maximum Gasteiger partial charge on any atom is 0.127 e.